The normalized spacial score (nSPS) is 16.1. The number of amides is 1. The SMILES string of the molecule is Cc1ccc(CN2C(C)(C)CCCC2(C)C)cc1NC(=O)c1ccc(Nc2ncc(C)c(-c3ccc(OC(F)(F)F)cc3)n2)cc1. The summed E-state index contributed by atoms with van der Waals surface area (Å²) in [5, 5.41) is 6.23. The number of likely N-dealkylation sites (tertiary alicyclic amines) is 1. The molecule has 242 valence electrons. The Bertz CT molecular complexity index is 1680. The van der Waals surface area contributed by atoms with Crippen LogP contribution in [-0.2, 0) is 6.54 Å². The lowest BCUT2D eigenvalue weighted by atomic mass is 9.79. The van der Waals surface area contributed by atoms with Gasteiger partial charge >= 0.3 is 6.36 Å². The minimum Gasteiger partial charge on any atom is -0.406 e. The fourth-order valence-corrected chi connectivity index (χ4v) is 6.19. The number of piperidine rings is 1. The van der Waals surface area contributed by atoms with Crippen molar-refractivity contribution in [2.24, 2.45) is 0 Å². The second-order valence-corrected chi connectivity index (χ2v) is 13.2. The van der Waals surface area contributed by atoms with Gasteiger partial charge in [-0.2, -0.15) is 0 Å². The van der Waals surface area contributed by atoms with Crippen molar-refractivity contribution in [3.63, 3.8) is 0 Å². The summed E-state index contributed by atoms with van der Waals surface area (Å²) < 4.78 is 41.5. The first-order chi connectivity index (χ1) is 21.6. The molecule has 0 atom stereocenters. The molecule has 1 amide bonds. The molecule has 0 aliphatic carbocycles. The molecule has 0 radical (unpaired) electrons. The fourth-order valence-electron chi connectivity index (χ4n) is 6.19. The smallest absolute Gasteiger partial charge is 0.406 e. The van der Waals surface area contributed by atoms with E-state index in [1.165, 1.54) is 30.7 Å². The van der Waals surface area contributed by atoms with E-state index in [9.17, 15) is 18.0 Å². The van der Waals surface area contributed by atoms with Crippen LogP contribution in [0, 0.1) is 13.8 Å². The third kappa shape index (κ3) is 7.85. The fraction of sp³-hybridized carbons (Fsp3) is 0.361. The highest BCUT2D eigenvalue weighted by atomic mass is 19.4. The summed E-state index contributed by atoms with van der Waals surface area (Å²) in [6, 6.07) is 18.8. The average Bonchev–Trinajstić information content (AvgIpc) is 2.97. The summed E-state index contributed by atoms with van der Waals surface area (Å²) in [4.78, 5) is 24.7. The Balaban J connectivity index is 1.25. The van der Waals surface area contributed by atoms with E-state index in [0.717, 1.165) is 41.8 Å². The van der Waals surface area contributed by atoms with Crippen LogP contribution in [0.5, 0.6) is 5.75 Å². The number of carbonyl (C=O) groups excluding carboxylic acids is 1. The van der Waals surface area contributed by atoms with Gasteiger partial charge in [-0.15, -0.1) is 13.2 Å². The number of benzene rings is 3. The largest absolute Gasteiger partial charge is 0.573 e. The highest BCUT2D eigenvalue weighted by Crippen LogP contribution is 2.39. The van der Waals surface area contributed by atoms with Gasteiger partial charge in [0.05, 0.1) is 5.69 Å². The number of halogens is 3. The van der Waals surface area contributed by atoms with Crippen molar-refractivity contribution < 1.29 is 22.7 Å². The Kier molecular flexibility index (Phi) is 9.13. The lowest BCUT2D eigenvalue weighted by Gasteiger charge is -2.53. The van der Waals surface area contributed by atoms with Crippen molar-refractivity contribution in [3.8, 4) is 17.0 Å². The van der Waals surface area contributed by atoms with E-state index in [4.69, 9.17) is 0 Å². The molecule has 10 heteroatoms. The van der Waals surface area contributed by atoms with Crippen molar-refractivity contribution in [2.75, 3.05) is 10.6 Å². The first-order valence-corrected chi connectivity index (χ1v) is 15.4. The minimum absolute atomic E-state index is 0.0949. The number of rotatable bonds is 8. The number of aromatic nitrogens is 2. The van der Waals surface area contributed by atoms with E-state index >= 15 is 0 Å². The van der Waals surface area contributed by atoms with Crippen molar-refractivity contribution in [1.82, 2.24) is 14.9 Å². The molecule has 0 bridgehead atoms. The van der Waals surface area contributed by atoms with E-state index in [0.29, 0.717) is 28.5 Å². The van der Waals surface area contributed by atoms with Crippen LogP contribution in [0.3, 0.4) is 0 Å². The van der Waals surface area contributed by atoms with E-state index in [2.05, 4.69) is 76.1 Å². The van der Waals surface area contributed by atoms with Crippen molar-refractivity contribution in [1.29, 1.82) is 0 Å². The van der Waals surface area contributed by atoms with E-state index in [1.807, 2.05) is 13.8 Å². The molecular formula is C36H40F3N5O2. The molecule has 1 saturated heterocycles. The third-order valence-corrected chi connectivity index (χ3v) is 8.67. The highest BCUT2D eigenvalue weighted by Gasteiger charge is 2.41. The van der Waals surface area contributed by atoms with Crippen LogP contribution in [-0.4, -0.2) is 38.2 Å². The first kappa shape index (κ1) is 32.9. The zero-order chi connectivity index (χ0) is 33.3. The molecule has 0 saturated carbocycles. The lowest BCUT2D eigenvalue weighted by Crippen LogP contribution is -2.57. The predicted molar refractivity (Wildman–Crippen MR) is 175 cm³/mol. The molecule has 3 aromatic carbocycles. The summed E-state index contributed by atoms with van der Waals surface area (Å²) in [6.45, 7) is 13.9. The number of carbonyl (C=O) groups is 1. The number of anilines is 3. The number of nitrogens with zero attached hydrogens (tertiary/aromatic N) is 3. The van der Waals surface area contributed by atoms with Gasteiger partial charge in [0.25, 0.3) is 5.91 Å². The molecule has 1 aromatic heterocycles. The molecule has 1 fully saturated rings. The summed E-state index contributed by atoms with van der Waals surface area (Å²) >= 11 is 0. The van der Waals surface area contributed by atoms with Crippen LogP contribution in [0.15, 0.2) is 72.9 Å². The maximum absolute atomic E-state index is 13.2. The zero-order valence-electron chi connectivity index (χ0n) is 27.0. The van der Waals surface area contributed by atoms with Crippen molar-refractivity contribution in [3.05, 3.63) is 95.2 Å². The Hall–Kier alpha value is -4.44. The lowest BCUT2D eigenvalue weighted by molar-refractivity contribution is -0.274. The second-order valence-electron chi connectivity index (χ2n) is 13.2. The van der Waals surface area contributed by atoms with Crippen molar-refractivity contribution >= 4 is 23.2 Å². The predicted octanol–water partition coefficient (Wildman–Crippen LogP) is 9.20. The number of ether oxygens (including phenoxy) is 1. The quantitative estimate of drug-likeness (QED) is 0.202. The Labute approximate surface area is 268 Å². The Morgan fingerprint density at radius 3 is 2.20 bits per heavy atom. The molecule has 2 N–H and O–H groups in total. The van der Waals surface area contributed by atoms with E-state index in [-0.39, 0.29) is 22.7 Å². The van der Waals surface area contributed by atoms with Gasteiger partial charge in [0.15, 0.2) is 0 Å². The topological polar surface area (TPSA) is 79.4 Å². The molecule has 2 heterocycles. The number of alkyl halides is 3. The average molecular weight is 632 g/mol. The second kappa shape index (κ2) is 12.7. The number of hydrogen-bond acceptors (Lipinski definition) is 6. The van der Waals surface area contributed by atoms with Gasteiger partial charge in [0, 0.05) is 46.3 Å². The summed E-state index contributed by atoms with van der Waals surface area (Å²) in [6.07, 6.45) is 0.417. The molecule has 0 spiro atoms. The number of hydrogen-bond donors (Lipinski definition) is 2. The molecule has 5 rings (SSSR count). The van der Waals surface area contributed by atoms with Gasteiger partial charge in [-0.1, -0.05) is 12.1 Å². The first-order valence-electron chi connectivity index (χ1n) is 15.4. The van der Waals surface area contributed by atoms with Crippen LogP contribution in [0.25, 0.3) is 11.3 Å². The highest BCUT2D eigenvalue weighted by molar-refractivity contribution is 6.04. The summed E-state index contributed by atoms with van der Waals surface area (Å²) in [7, 11) is 0. The monoisotopic (exact) mass is 631 g/mol. The van der Waals surface area contributed by atoms with Gasteiger partial charge < -0.3 is 15.4 Å². The van der Waals surface area contributed by atoms with Gasteiger partial charge in [-0.25, -0.2) is 9.97 Å². The molecule has 4 aromatic rings. The molecule has 1 aliphatic heterocycles. The summed E-state index contributed by atoms with van der Waals surface area (Å²) in [5.41, 5.74) is 6.24. The van der Waals surface area contributed by atoms with Gasteiger partial charge in [-0.05, 0) is 132 Å². The van der Waals surface area contributed by atoms with Crippen LogP contribution >= 0.6 is 0 Å². The van der Waals surface area contributed by atoms with Gasteiger partial charge in [-0.3, -0.25) is 9.69 Å². The number of nitrogens with one attached hydrogen (secondary N) is 2. The maximum Gasteiger partial charge on any atom is 0.573 e. The molecule has 46 heavy (non-hydrogen) atoms. The van der Waals surface area contributed by atoms with Crippen LogP contribution in [0.4, 0.5) is 30.5 Å². The van der Waals surface area contributed by atoms with Crippen LogP contribution in [0.2, 0.25) is 0 Å². The van der Waals surface area contributed by atoms with Gasteiger partial charge in [0.1, 0.15) is 5.75 Å². The molecular weight excluding hydrogens is 591 g/mol. The van der Waals surface area contributed by atoms with Gasteiger partial charge in [0.2, 0.25) is 5.95 Å². The molecule has 0 unspecified atom stereocenters. The Morgan fingerprint density at radius 2 is 1.57 bits per heavy atom. The Morgan fingerprint density at radius 1 is 0.913 bits per heavy atom. The van der Waals surface area contributed by atoms with Crippen molar-refractivity contribution in [2.45, 2.75) is 84.8 Å². The van der Waals surface area contributed by atoms with Crippen LogP contribution < -0.4 is 15.4 Å². The standard InChI is InChI=1S/C36H40F3N5O2/c1-23-8-9-25(22-44-34(3,4)18-7-19-35(44,5)6)20-30(23)42-32(45)27-10-14-28(15-11-27)41-33-40-21-24(2)31(43-33)26-12-16-29(17-13-26)46-36(37,38)39/h8-17,20-21H,7,18-19,22H2,1-6H3,(H,42,45)(H,40,41,43). The summed E-state index contributed by atoms with van der Waals surface area (Å²) in [5.74, 6) is -0.211. The maximum atomic E-state index is 13.2. The molecule has 1 aliphatic rings. The van der Waals surface area contributed by atoms with E-state index in [1.54, 1.807) is 30.5 Å². The van der Waals surface area contributed by atoms with Crippen LogP contribution in [0.1, 0.15) is 74.0 Å². The van der Waals surface area contributed by atoms with E-state index < -0.39 is 6.36 Å². The number of aryl methyl sites for hydroxylation is 2. The zero-order valence-corrected chi connectivity index (χ0v) is 27.0. The minimum atomic E-state index is -4.76. The molecule has 7 nitrogen and oxygen atoms in total. The third-order valence-electron chi connectivity index (χ3n) is 8.67.